The van der Waals surface area contributed by atoms with Crippen molar-refractivity contribution in [1.29, 1.82) is 0 Å². The van der Waals surface area contributed by atoms with Gasteiger partial charge >= 0.3 is 0 Å². The number of ether oxygens (including phenoxy) is 1. The van der Waals surface area contributed by atoms with Crippen LogP contribution in [0.5, 0.6) is 0 Å². The van der Waals surface area contributed by atoms with Gasteiger partial charge in [-0.1, -0.05) is 20.8 Å². The number of fused-ring (bicyclic) bond motifs is 2. The summed E-state index contributed by atoms with van der Waals surface area (Å²) in [5.74, 6) is 0.644. The first-order valence-corrected chi connectivity index (χ1v) is 4.78. The Morgan fingerprint density at radius 3 is 2.58 bits per heavy atom. The maximum absolute atomic E-state index is 9.77. The van der Waals surface area contributed by atoms with E-state index in [-0.39, 0.29) is 10.8 Å². The van der Waals surface area contributed by atoms with E-state index in [9.17, 15) is 5.11 Å². The Morgan fingerprint density at radius 1 is 1.33 bits per heavy atom. The second kappa shape index (κ2) is 2.24. The van der Waals surface area contributed by atoms with Crippen molar-refractivity contribution < 1.29 is 9.84 Å². The van der Waals surface area contributed by atoms with Gasteiger partial charge in [-0.25, -0.2) is 0 Å². The van der Waals surface area contributed by atoms with Crippen molar-refractivity contribution in [1.82, 2.24) is 0 Å². The van der Waals surface area contributed by atoms with Gasteiger partial charge in [0, 0.05) is 5.41 Å². The van der Waals surface area contributed by atoms with Gasteiger partial charge in [0.1, 0.15) is 0 Å². The summed E-state index contributed by atoms with van der Waals surface area (Å²) in [5, 5.41) is 9.77. The van der Waals surface area contributed by atoms with E-state index in [1.165, 1.54) is 6.42 Å². The minimum absolute atomic E-state index is 0.0179. The first-order chi connectivity index (χ1) is 5.48. The van der Waals surface area contributed by atoms with Crippen LogP contribution in [0.2, 0.25) is 0 Å². The highest BCUT2D eigenvalue weighted by Gasteiger charge is 2.58. The molecule has 0 aromatic carbocycles. The highest BCUT2D eigenvalue weighted by atomic mass is 16.6. The van der Waals surface area contributed by atoms with Crippen LogP contribution in [0.4, 0.5) is 0 Å². The third kappa shape index (κ3) is 0.775. The van der Waals surface area contributed by atoms with Crippen LogP contribution in [-0.2, 0) is 4.74 Å². The predicted octanol–water partition coefficient (Wildman–Crippen LogP) is 1.78. The molecule has 0 aromatic heterocycles. The lowest BCUT2D eigenvalue weighted by Crippen LogP contribution is -2.50. The molecule has 0 amide bonds. The SMILES string of the molecule is CC1(C)[C@@H]2CC[C@@]1(C)[C@@H](O)OC2. The van der Waals surface area contributed by atoms with Crippen LogP contribution in [0, 0.1) is 16.7 Å². The first kappa shape index (κ1) is 8.52. The largest absolute Gasteiger partial charge is 0.367 e. The van der Waals surface area contributed by atoms with Crippen LogP contribution in [0.15, 0.2) is 0 Å². The van der Waals surface area contributed by atoms with Crippen molar-refractivity contribution in [3.8, 4) is 0 Å². The number of rotatable bonds is 0. The summed E-state index contributed by atoms with van der Waals surface area (Å²) < 4.78 is 5.36. The fourth-order valence-electron chi connectivity index (χ4n) is 2.75. The lowest BCUT2D eigenvalue weighted by molar-refractivity contribution is -0.240. The number of hydrogen-bond donors (Lipinski definition) is 1. The molecule has 0 spiro atoms. The van der Waals surface area contributed by atoms with Gasteiger partial charge in [-0.15, -0.1) is 0 Å². The Kier molecular flexibility index (Phi) is 1.59. The maximum atomic E-state index is 9.77. The zero-order chi connectivity index (χ0) is 8.98. The molecule has 2 rings (SSSR count). The van der Waals surface area contributed by atoms with E-state index in [1.807, 2.05) is 0 Å². The number of aliphatic hydroxyl groups excluding tert-OH is 1. The molecular weight excluding hydrogens is 152 g/mol. The summed E-state index contributed by atoms with van der Waals surface area (Å²) in [6, 6.07) is 0. The molecule has 0 unspecified atom stereocenters. The molecule has 12 heavy (non-hydrogen) atoms. The van der Waals surface area contributed by atoms with Crippen LogP contribution in [0.3, 0.4) is 0 Å². The quantitative estimate of drug-likeness (QED) is 0.600. The Morgan fingerprint density at radius 2 is 2.00 bits per heavy atom. The average Bonchev–Trinajstić information content (AvgIpc) is 2.17. The molecule has 3 atom stereocenters. The molecule has 70 valence electrons. The fraction of sp³-hybridized carbons (Fsp3) is 1.00. The third-order valence-electron chi connectivity index (χ3n) is 4.51. The normalized spacial score (nSPS) is 51.0. The molecule has 2 bridgehead atoms. The van der Waals surface area contributed by atoms with Gasteiger partial charge in [0.2, 0.25) is 0 Å². The van der Waals surface area contributed by atoms with Gasteiger partial charge in [-0.3, -0.25) is 0 Å². The number of hydrogen-bond acceptors (Lipinski definition) is 2. The van der Waals surface area contributed by atoms with Gasteiger partial charge < -0.3 is 9.84 Å². The molecule has 1 aliphatic carbocycles. The molecule has 1 saturated heterocycles. The molecule has 2 fully saturated rings. The summed E-state index contributed by atoms with van der Waals surface area (Å²) in [6.07, 6.45) is 1.76. The van der Waals surface area contributed by atoms with Crippen molar-refractivity contribution in [2.75, 3.05) is 6.61 Å². The van der Waals surface area contributed by atoms with E-state index in [2.05, 4.69) is 20.8 Å². The Hall–Kier alpha value is -0.0800. The van der Waals surface area contributed by atoms with Crippen molar-refractivity contribution in [2.24, 2.45) is 16.7 Å². The van der Waals surface area contributed by atoms with Gasteiger partial charge in [0.05, 0.1) is 6.61 Å². The van der Waals surface area contributed by atoms with E-state index in [0.717, 1.165) is 13.0 Å². The van der Waals surface area contributed by atoms with E-state index >= 15 is 0 Å². The molecule has 1 aliphatic heterocycles. The van der Waals surface area contributed by atoms with Crippen molar-refractivity contribution >= 4 is 0 Å². The molecule has 1 N–H and O–H groups in total. The van der Waals surface area contributed by atoms with E-state index in [1.54, 1.807) is 0 Å². The van der Waals surface area contributed by atoms with Crippen molar-refractivity contribution in [2.45, 2.75) is 39.9 Å². The van der Waals surface area contributed by atoms with Crippen molar-refractivity contribution in [3.05, 3.63) is 0 Å². The first-order valence-electron chi connectivity index (χ1n) is 4.78. The van der Waals surface area contributed by atoms with Crippen LogP contribution < -0.4 is 0 Å². The number of aliphatic hydroxyl groups is 1. The van der Waals surface area contributed by atoms with Crippen LogP contribution >= 0.6 is 0 Å². The summed E-state index contributed by atoms with van der Waals surface area (Å²) >= 11 is 0. The van der Waals surface area contributed by atoms with E-state index in [0.29, 0.717) is 5.92 Å². The molecule has 1 saturated carbocycles. The van der Waals surface area contributed by atoms with Gasteiger partial charge in [-0.05, 0) is 24.2 Å². The van der Waals surface area contributed by atoms with Crippen molar-refractivity contribution in [3.63, 3.8) is 0 Å². The summed E-state index contributed by atoms with van der Waals surface area (Å²) in [7, 11) is 0. The Balaban J connectivity index is 2.37. The molecule has 0 radical (unpaired) electrons. The maximum Gasteiger partial charge on any atom is 0.160 e. The zero-order valence-electron chi connectivity index (χ0n) is 8.13. The molecule has 1 heterocycles. The average molecular weight is 170 g/mol. The van der Waals surface area contributed by atoms with Gasteiger partial charge in [-0.2, -0.15) is 0 Å². The minimum atomic E-state index is -0.550. The standard InChI is InChI=1S/C10H18O2/c1-9(2)7-4-5-10(9,3)8(11)12-6-7/h7-8,11H,4-6H2,1-3H3/t7-,8+,10+/m1/s1. The second-order valence-corrected chi connectivity index (χ2v) is 5.06. The Labute approximate surface area is 73.9 Å². The second-order valence-electron chi connectivity index (χ2n) is 5.06. The molecule has 2 nitrogen and oxygen atoms in total. The lowest BCUT2D eigenvalue weighted by atomic mass is 9.64. The van der Waals surface area contributed by atoms with Crippen LogP contribution in [0.25, 0.3) is 0 Å². The molecule has 0 aromatic rings. The summed E-state index contributed by atoms with van der Waals surface area (Å²) in [5.41, 5.74) is 0.223. The van der Waals surface area contributed by atoms with Gasteiger partial charge in [0.25, 0.3) is 0 Å². The summed E-state index contributed by atoms with van der Waals surface area (Å²) in [6.45, 7) is 7.41. The fourth-order valence-corrected chi connectivity index (χ4v) is 2.75. The van der Waals surface area contributed by atoms with Gasteiger partial charge in [0.15, 0.2) is 6.29 Å². The van der Waals surface area contributed by atoms with E-state index < -0.39 is 6.29 Å². The molecular formula is C10H18O2. The minimum Gasteiger partial charge on any atom is -0.367 e. The predicted molar refractivity (Wildman–Crippen MR) is 46.6 cm³/mol. The van der Waals surface area contributed by atoms with E-state index in [4.69, 9.17) is 4.74 Å². The summed E-state index contributed by atoms with van der Waals surface area (Å²) in [4.78, 5) is 0. The van der Waals surface area contributed by atoms with Crippen LogP contribution in [0.1, 0.15) is 33.6 Å². The molecule has 2 heteroatoms. The topological polar surface area (TPSA) is 29.5 Å². The third-order valence-corrected chi connectivity index (χ3v) is 4.51. The van der Waals surface area contributed by atoms with Crippen LogP contribution in [-0.4, -0.2) is 18.0 Å². The molecule has 2 aliphatic rings. The monoisotopic (exact) mass is 170 g/mol. The Bertz CT molecular complexity index is 198. The smallest absolute Gasteiger partial charge is 0.160 e. The highest BCUT2D eigenvalue weighted by Crippen LogP contribution is 2.60. The highest BCUT2D eigenvalue weighted by molar-refractivity contribution is 5.04. The zero-order valence-corrected chi connectivity index (χ0v) is 8.13. The lowest BCUT2D eigenvalue weighted by Gasteiger charge is -2.48.